The number of hydrogen-bond acceptors (Lipinski definition) is 4. The molecule has 6 heteroatoms. The summed E-state index contributed by atoms with van der Waals surface area (Å²) in [7, 11) is -3.60. The van der Waals surface area contributed by atoms with Crippen LogP contribution in [0.15, 0.2) is 11.0 Å². The van der Waals surface area contributed by atoms with Crippen molar-refractivity contribution in [1.29, 1.82) is 0 Å². The number of hydrogen-bond donors (Lipinski definition) is 2. The van der Waals surface area contributed by atoms with Crippen molar-refractivity contribution >= 4 is 15.7 Å². The number of anilines is 1. The molecule has 3 N–H and O–H groups in total. The number of β-amino-alcohol motifs (C(OH)–C–C–N with tert-alkyl or cyclic N) is 1. The Morgan fingerprint density at radius 2 is 1.85 bits per heavy atom. The number of nitrogens with two attached hydrogens (primary N) is 1. The first-order chi connectivity index (χ1) is 9.12. The van der Waals surface area contributed by atoms with Crippen molar-refractivity contribution in [3.8, 4) is 0 Å². The SMILES string of the molecule is CCC1(O)CN(S(=O)(=O)c2c(C)c(C)cc(N)c2C)C1. The Kier molecular flexibility index (Phi) is 3.60. The molecule has 0 radical (unpaired) electrons. The maximum absolute atomic E-state index is 12.7. The van der Waals surface area contributed by atoms with E-state index in [-0.39, 0.29) is 18.0 Å². The molecule has 1 fully saturated rings. The van der Waals surface area contributed by atoms with E-state index in [2.05, 4.69) is 0 Å². The Morgan fingerprint density at radius 1 is 1.30 bits per heavy atom. The van der Waals surface area contributed by atoms with Crippen molar-refractivity contribution in [3.63, 3.8) is 0 Å². The van der Waals surface area contributed by atoms with Gasteiger partial charge in [-0.15, -0.1) is 0 Å². The van der Waals surface area contributed by atoms with E-state index in [9.17, 15) is 13.5 Å². The summed E-state index contributed by atoms with van der Waals surface area (Å²) >= 11 is 0. The second-order valence-electron chi connectivity index (χ2n) is 5.71. The van der Waals surface area contributed by atoms with Gasteiger partial charge in [-0.2, -0.15) is 4.31 Å². The third kappa shape index (κ3) is 2.21. The fraction of sp³-hybridized carbons (Fsp3) is 0.571. The normalized spacial score (nSPS) is 18.9. The molecule has 0 saturated carbocycles. The van der Waals surface area contributed by atoms with Crippen LogP contribution in [-0.2, 0) is 10.0 Å². The summed E-state index contributed by atoms with van der Waals surface area (Å²) in [6.45, 7) is 7.52. The first-order valence-corrected chi connectivity index (χ1v) is 8.15. The van der Waals surface area contributed by atoms with E-state index < -0.39 is 15.6 Å². The average Bonchev–Trinajstić information content (AvgIpc) is 2.32. The van der Waals surface area contributed by atoms with Gasteiger partial charge >= 0.3 is 0 Å². The van der Waals surface area contributed by atoms with Gasteiger partial charge in [-0.3, -0.25) is 0 Å². The van der Waals surface area contributed by atoms with E-state index in [0.29, 0.717) is 17.7 Å². The van der Waals surface area contributed by atoms with E-state index in [1.165, 1.54) is 4.31 Å². The van der Waals surface area contributed by atoms with E-state index in [4.69, 9.17) is 5.73 Å². The molecule has 0 amide bonds. The van der Waals surface area contributed by atoms with Gasteiger partial charge in [0.1, 0.15) is 0 Å². The highest BCUT2D eigenvalue weighted by molar-refractivity contribution is 7.89. The summed E-state index contributed by atoms with van der Waals surface area (Å²) in [6.07, 6.45) is 0.549. The molecule has 0 spiro atoms. The van der Waals surface area contributed by atoms with Crippen LogP contribution >= 0.6 is 0 Å². The second kappa shape index (κ2) is 4.72. The minimum Gasteiger partial charge on any atom is -0.398 e. The van der Waals surface area contributed by atoms with Crippen LogP contribution in [0.4, 0.5) is 5.69 Å². The molecule has 0 atom stereocenters. The highest BCUT2D eigenvalue weighted by atomic mass is 32.2. The fourth-order valence-corrected chi connectivity index (χ4v) is 4.69. The Balaban J connectivity index is 2.47. The van der Waals surface area contributed by atoms with Crippen molar-refractivity contribution in [2.24, 2.45) is 0 Å². The maximum atomic E-state index is 12.7. The third-order valence-corrected chi connectivity index (χ3v) is 6.34. The van der Waals surface area contributed by atoms with Crippen molar-refractivity contribution < 1.29 is 13.5 Å². The van der Waals surface area contributed by atoms with Gasteiger partial charge in [-0.25, -0.2) is 8.42 Å². The van der Waals surface area contributed by atoms with Crippen molar-refractivity contribution in [3.05, 3.63) is 22.8 Å². The third-order valence-electron chi connectivity index (χ3n) is 4.28. The van der Waals surface area contributed by atoms with E-state index in [0.717, 1.165) is 11.1 Å². The zero-order valence-corrected chi connectivity index (χ0v) is 13.2. The molecule has 0 unspecified atom stereocenters. The molecule has 1 aromatic rings. The number of benzene rings is 1. The predicted molar refractivity (Wildman–Crippen MR) is 79.1 cm³/mol. The molecule has 0 bridgehead atoms. The molecule has 112 valence electrons. The molecule has 0 aliphatic carbocycles. The highest BCUT2D eigenvalue weighted by Crippen LogP contribution is 2.35. The van der Waals surface area contributed by atoms with Crippen molar-refractivity contribution in [1.82, 2.24) is 4.31 Å². The average molecular weight is 298 g/mol. The van der Waals surface area contributed by atoms with E-state index in [1.807, 2.05) is 13.8 Å². The number of aliphatic hydroxyl groups is 1. The minimum atomic E-state index is -3.60. The van der Waals surface area contributed by atoms with Crippen LogP contribution in [0, 0.1) is 20.8 Å². The lowest BCUT2D eigenvalue weighted by molar-refractivity contribution is -0.0613. The Morgan fingerprint density at radius 3 is 2.35 bits per heavy atom. The van der Waals surface area contributed by atoms with Gasteiger partial charge < -0.3 is 10.8 Å². The number of nitrogen functional groups attached to an aromatic ring is 1. The van der Waals surface area contributed by atoms with Crippen LogP contribution in [0.1, 0.15) is 30.0 Å². The topological polar surface area (TPSA) is 83.6 Å². The number of aryl methyl sites for hydroxylation is 1. The molecule has 1 aliphatic rings. The quantitative estimate of drug-likeness (QED) is 0.825. The first-order valence-electron chi connectivity index (χ1n) is 6.71. The molecule has 1 aliphatic heterocycles. The summed E-state index contributed by atoms with van der Waals surface area (Å²) in [4.78, 5) is 0.285. The lowest BCUT2D eigenvalue weighted by Gasteiger charge is -2.45. The monoisotopic (exact) mass is 298 g/mol. The summed E-state index contributed by atoms with van der Waals surface area (Å²) in [5, 5.41) is 10.0. The summed E-state index contributed by atoms with van der Waals surface area (Å²) in [5.41, 5.74) is 7.66. The Labute approximate surface area is 120 Å². The van der Waals surface area contributed by atoms with Crippen LogP contribution in [0.25, 0.3) is 0 Å². The van der Waals surface area contributed by atoms with Gasteiger partial charge in [0.05, 0.1) is 10.5 Å². The van der Waals surface area contributed by atoms with Crippen LogP contribution in [0.5, 0.6) is 0 Å². The molecule has 5 nitrogen and oxygen atoms in total. The fourth-order valence-electron chi connectivity index (χ4n) is 2.56. The van der Waals surface area contributed by atoms with E-state index >= 15 is 0 Å². The zero-order chi connectivity index (χ0) is 15.3. The van der Waals surface area contributed by atoms with Gasteiger partial charge in [0, 0.05) is 18.8 Å². The molecular formula is C14H22N2O3S. The Bertz CT molecular complexity index is 621. The van der Waals surface area contributed by atoms with Crippen LogP contribution in [0.2, 0.25) is 0 Å². The first kappa shape index (κ1) is 15.3. The lowest BCUT2D eigenvalue weighted by Crippen LogP contribution is -2.63. The van der Waals surface area contributed by atoms with Gasteiger partial charge in [0.15, 0.2) is 0 Å². The van der Waals surface area contributed by atoms with Gasteiger partial charge in [-0.1, -0.05) is 6.92 Å². The molecule has 1 saturated heterocycles. The zero-order valence-electron chi connectivity index (χ0n) is 12.4. The molecule has 1 aromatic carbocycles. The van der Waals surface area contributed by atoms with Gasteiger partial charge in [-0.05, 0) is 49.9 Å². The number of rotatable bonds is 3. The van der Waals surface area contributed by atoms with E-state index in [1.54, 1.807) is 19.9 Å². The van der Waals surface area contributed by atoms with Gasteiger partial charge in [0.25, 0.3) is 0 Å². The number of sulfonamides is 1. The minimum absolute atomic E-state index is 0.151. The van der Waals surface area contributed by atoms with Crippen molar-refractivity contribution in [2.75, 3.05) is 18.8 Å². The summed E-state index contributed by atoms with van der Waals surface area (Å²) in [5.74, 6) is 0. The predicted octanol–water partition coefficient (Wildman–Crippen LogP) is 1.34. The molecular weight excluding hydrogens is 276 g/mol. The van der Waals surface area contributed by atoms with Crippen LogP contribution < -0.4 is 5.73 Å². The summed E-state index contributed by atoms with van der Waals surface area (Å²) < 4.78 is 26.8. The van der Waals surface area contributed by atoms with Crippen LogP contribution in [0.3, 0.4) is 0 Å². The largest absolute Gasteiger partial charge is 0.398 e. The molecule has 0 aromatic heterocycles. The van der Waals surface area contributed by atoms with Gasteiger partial charge in [0.2, 0.25) is 10.0 Å². The second-order valence-corrected chi connectivity index (χ2v) is 7.59. The van der Waals surface area contributed by atoms with Crippen molar-refractivity contribution in [2.45, 2.75) is 44.6 Å². The molecule has 20 heavy (non-hydrogen) atoms. The number of nitrogens with zero attached hydrogens (tertiary/aromatic N) is 1. The highest BCUT2D eigenvalue weighted by Gasteiger charge is 2.46. The smallest absolute Gasteiger partial charge is 0.243 e. The van der Waals surface area contributed by atoms with Crippen LogP contribution in [-0.4, -0.2) is 36.5 Å². The maximum Gasteiger partial charge on any atom is 0.243 e. The molecule has 2 rings (SSSR count). The standard InChI is InChI=1S/C14H22N2O3S/c1-5-14(17)7-16(8-14)20(18,19)13-10(3)9(2)6-12(15)11(13)4/h6,17H,5,7-8,15H2,1-4H3. The molecule has 1 heterocycles. The Hall–Kier alpha value is -1.11. The lowest BCUT2D eigenvalue weighted by atomic mass is 9.94. The summed E-state index contributed by atoms with van der Waals surface area (Å²) in [6, 6.07) is 1.79.